The summed E-state index contributed by atoms with van der Waals surface area (Å²) in [6.07, 6.45) is -2.05. The number of nitrogens with one attached hydrogen (secondary N) is 1. The molecule has 2 aromatic rings. The second kappa shape index (κ2) is 11.6. The number of benzene rings is 1. The van der Waals surface area contributed by atoms with Gasteiger partial charge in [0.2, 0.25) is 5.28 Å². The van der Waals surface area contributed by atoms with E-state index in [4.69, 9.17) is 11.6 Å². The largest absolute Gasteiger partial charge is 0.481 e. The van der Waals surface area contributed by atoms with Crippen molar-refractivity contribution < 1.29 is 33.0 Å². The van der Waals surface area contributed by atoms with Gasteiger partial charge in [0.1, 0.15) is 11.4 Å². The van der Waals surface area contributed by atoms with Crippen LogP contribution in [0.3, 0.4) is 0 Å². The number of hydrogen-bond acceptors (Lipinski definition) is 4. The Morgan fingerprint density at radius 2 is 1.78 bits per heavy atom. The molecule has 37 heavy (non-hydrogen) atoms. The number of hydrogen-bond donors (Lipinski definition) is 3. The number of aromatic nitrogens is 2. The maximum Gasteiger partial charge on any atom is 0.416 e. The van der Waals surface area contributed by atoms with Crippen LogP contribution in [0.15, 0.2) is 24.3 Å². The van der Waals surface area contributed by atoms with Crippen LogP contribution in [0.4, 0.5) is 13.2 Å². The summed E-state index contributed by atoms with van der Waals surface area (Å²) >= 11 is 6.35. The van der Waals surface area contributed by atoms with Gasteiger partial charge in [0.15, 0.2) is 0 Å². The fourth-order valence-electron chi connectivity index (χ4n) is 4.07. The number of carbonyl (C=O) groups excluding carboxylic acids is 1. The minimum Gasteiger partial charge on any atom is -0.481 e. The van der Waals surface area contributed by atoms with Crippen molar-refractivity contribution in [2.24, 2.45) is 17.3 Å². The van der Waals surface area contributed by atoms with Crippen molar-refractivity contribution in [2.45, 2.75) is 52.3 Å². The average molecular weight is 540 g/mol. The molecule has 200 valence electrons. The van der Waals surface area contributed by atoms with Crippen molar-refractivity contribution in [3.63, 3.8) is 0 Å². The Bertz CT molecular complexity index is 1190. The first kappa shape index (κ1) is 28.5. The highest BCUT2D eigenvalue weighted by molar-refractivity contribution is 6.29. The quantitative estimate of drug-likeness (QED) is 0.446. The molecular weight excluding hydrogens is 511 g/mol. The Morgan fingerprint density at radius 1 is 1.16 bits per heavy atom. The normalized spacial score (nSPS) is 18.1. The number of imidazole rings is 1. The van der Waals surface area contributed by atoms with E-state index in [1.54, 1.807) is 13.8 Å². The number of alkyl halides is 3. The summed E-state index contributed by atoms with van der Waals surface area (Å²) in [7, 11) is 0. The van der Waals surface area contributed by atoms with Crippen LogP contribution < -0.4 is 5.32 Å². The lowest BCUT2D eigenvalue weighted by atomic mass is 9.82. The number of rotatable bonds is 7. The van der Waals surface area contributed by atoms with E-state index < -0.39 is 29.0 Å². The number of carbonyl (C=O) groups is 2. The second-order valence-electron chi connectivity index (χ2n) is 9.92. The molecular formula is C26H29ClF3N3O4. The van der Waals surface area contributed by atoms with Gasteiger partial charge in [-0.2, -0.15) is 13.2 Å². The molecule has 0 spiro atoms. The minimum absolute atomic E-state index is 0.0124. The summed E-state index contributed by atoms with van der Waals surface area (Å²) < 4.78 is 40.2. The van der Waals surface area contributed by atoms with Crippen LogP contribution in [0, 0.1) is 29.1 Å². The van der Waals surface area contributed by atoms with E-state index >= 15 is 0 Å². The zero-order valence-electron chi connectivity index (χ0n) is 20.5. The van der Waals surface area contributed by atoms with Gasteiger partial charge in [-0.15, -0.1) is 0 Å². The molecule has 1 amide bonds. The Balaban J connectivity index is 1.86. The number of carboxylic acids is 1. The van der Waals surface area contributed by atoms with Crippen molar-refractivity contribution in [1.82, 2.24) is 14.9 Å². The molecule has 0 unspecified atom stereocenters. The summed E-state index contributed by atoms with van der Waals surface area (Å²) in [6, 6.07) is 4.53. The van der Waals surface area contributed by atoms with Crippen molar-refractivity contribution in [3.05, 3.63) is 52.1 Å². The van der Waals surface area contributed by atoms with E-state index in [0.29, 0.717) is 37.8 Å². The van der Waals surface area contributed by atoms with Gasteiger partial charge >= 0.3 is 12.1 Å². The number of aliphatic carboxylic acids is 1. The molecule has 3 N–H and O–H groups in total. The lowest BCUT2D eigenvalue weighted by Gasteiger charge is -2.26. The molecule has 3 rings (SSSR count). The zero-order chi connectivity index (χ0) is 27.4. The molecule has 0 saturated heterocycles. The van der Waals surface area contributed by atoms with Gasteiger partial charge in [-0.1, -0.05) is 18.1 Å². The van der Waals surface area contributed by atoms with Crippen LogP contribution in [0.25, 0.3) is 0 Å². The van der Waals surface area contributed by atoms with Gasteiger partial charge in [-0.3, -0.25) is 9.59 Å². The summed E-state index contributed by atoms with van der Waals surface area (Å²) in [5.74, 6) is 4.13. The molecule has 0 atom stereocenters. The van der Waals surface area contributed by atoms with E-state index in [-0.39, 0.29) is 41.7 Å². The molecule has 1 aromatic carbocycles. The summed E-state index contributed by atoms with van der Waals surface area (Å²) in [5, 5.41) is 21.5. The van der Waals surface area contributed by atoms with E-state index in [9.17, 15) is 33.0 Å². The molecule has 1 saturated carbocycles. The van der Waals surface area contributed by atoms with Gasteiger partial charge in [0, 0.05) is 12.0 Å². The number of carboxylic acid groups (broad SMARTS) is 1. The molecule has 0 aliphatic heterocycles. The standard InChI is InChI=1S/C26H29ClF3N3O4/c1-25(2,15-34)12-11-20-21(22(35)31-13-16-3-7-18(8-4-16)23(36)37)33(24(27)32-20)14-17-5-9-19(10-6-17)26(28,29)30/h5-6,9-10,16,18,34H,3-4,7-8,13-15H2,1-2H3,(H,31,35)(H,36,37). The predicted octanol–water partition coefficient (Wildman–Crippen LogP) is 4.59. The Labute approximate surface area is 218 Å². The lowest BCUT2D eigenvalue weighted by Crippen LogP contribution is -2.34. The summed E-state index contributed by atoms with van der Waals surface area (Å²) in [4.78, 5) is 28.7. The van der Waals surface area contributed by atoms with E-state index in [2.05, 4.69) is 22.1 Å². The van der Waals surface area contributed by atoms with Gasteiger partial charge in [0.25, 0.3) is 5.91 Å². The van der Waals surface area contributed by atoms with Crippen LogP contribution in [0.5, 0.6) is 0 Å². The number of halogens is 4. The molecule has 0 bridgehead atoms. The van der Waals surface area contributed by atoms with Crippen LogP contribution >= 0.6 is 11.6 Å². The van der Waals surface area contributed by atoms with Crippen molar-refractivity contribution in [1.29, 1.82) is 0 Å². The highest BCUT2D eigenvalue weighted by Crippen LogP contribution is 2.30. The minimum atomic E-state index is -4.47. The first-order valence-electron chi connectivity index (χ1n) is 11.9. The van der Waals surface area contributed by atoms with Crippen LogP contribution in [0.1, 0.15) is 66.8 Å². The number of aliphatic hydroxyl groups is 1. The van der Waals surface area contributed by atoms with Gasteiger partial charge in [-0.25, -0.2) is 4.98 Å². The number of amides is 1. The van der Waals surface area contributed by atoms with Crippen molar-refractivity contribution in [3.8, 4) is 11.8 Å². The highest BCUT2D eigenvalue weighted by Gasteiger charge is 2.30. The SMILES string of the molecule is CC(C)(C#Cc1nc(Cl)n(Cc2ccc(C(F)(F)F)cc2)c1C(=O)NCC1CCC(C(=O)O)CC1)CO. The van der Waals surface area contributed by atoms with Crippen LogP contribution in [-0.4, -0.2) is 44.8 Å². The van der Waals surface area contributed by atoms with E-state index in [0.717, 1.165) is 12.1 Å². The van der Waals surface area contributed by atoms with Gasteiger partial charge < -0.3 is 20.1 Å². The molecule has 1 aromatic heterocycles. The fourth-order valence-corrected chi connectivity index (χ4v) is 4.30. The maximum absolute atomic E-state index is 13.3. The zero-order valence-corrected chi connectivity index (χ0v) is 21.3. The second-order valence-corrected chi connectivity index (χ2v) is 10.3. The first-order valence-corrected chi connectivity index (χ1v) is 12.3. The molecule has 1 aliphatic rings. The fraction of sp³-hybridized carbons (Fsp3) is 0.500. The van der Waals surface area contributed by atoms with Crippen molar-refractivity contribution in [2.75, 3.05) is 13.2 Å². The first-order chi connectivity index (χ1) is 17.3. The third kappa shape index (κ3) is 7.49. The number of aliphatic hydroxyl groups excluding tert-OH is 1. The molecule has 1 heterocycles. The third-order valence-corrected chi connectivity index (χ3v) is 6.71. The summed E-state index contributed by atoms with van der Waals surface area (Å²) in [6.45, 7) is 3.52. The smallest absolute Gasteiger partial charge is 0.416 e. The maximum atomic E-state index is 13.3. The Kier molecular flexibility index (Phi) is 8.92. The molecule has 0 radical (unpaired) electrons. The molecule has 1 fully saturated rings. The number of nitrogens with zero attached hydrogens (tertiary/aromatic N) is 2. The van der Waals surface area contributed by atoms with E-state index in [1.807, 2.05) is 0 Å². The molecule has 1 aliphatic carbocycles. The van der Waals surface area contributed by atoms with Gasteiger partial charge in [0.05, 0.1) is 24.6 Å². The van der Waals surface area contributed by atoms with Crippen LogP contribution in [-0.2, 0) is 17.5 Å². The third-order valence-electron chi connectivity index (χ3n) is 6.42. The monoisotopic (exact) mass is 539 g/mol. The Morgan fingerprint density at radius 3 is 2.32 bits per heavy atom. The highest BCUT2D eigenvalue weighted by atomic mass is 35.5. The Hall–Kier alpha value is -3.03. The van der Waals surface area contributed by atoms with Crippen molar-refractivity contribution >= 4 is 23.5 Å². The molecule has 7 nitrogen and oxygen atoms in total. The predicted molar refractivity (Wildman–Crippen MR) is 131 cm³/mol. The van der Waals surface area contributed by atoms with Crippen LogP contribution in [0.2, 0.25) is 5.28 Å². The molecule has 11 heteroatoms. The average Bonchev–Trinajstić information content (AvgIpc) is 3.16. The van der Waals surface area contributed by atoms with E-state index in [1.165, 1.54) is 16.7 Å². The summed E-state index contributed by atoms with van der Waals surface area (Å²) in [5.41, 5.74) is -0.930. The topological polar surface area (TPSA) is 104 Å². The van der Waals surface area contributed by atoms with Gasteiger partial charge in [-0.05, 0) is 80.7 Å². The lowest BCUT2D eigenvalue weighted by molar-refractivity contribution is -0.143.